The molecule has 2 aromatic rings. The highest BCUT2D eigenvalue weighted by Crippen LogP contribution is 2.20. The quantitative estimate of drug-likeness (QED) is 0.746. The molecule has 20 heavy (non-hydrogen) atoms. The van der Waals surface area contributed by atoms with Crippen molar-refractivity contribution in [3.05, 3.63) is 36.0 Å². The lowest BCUT2D eigenvalue weighted by Crippen LogP contribution is -2.19. The lowest BCUT2D eigenvalue weighted by atomic mass is 10.1. The lowest BCUT2D eigenvalue weighted by Gasteiger charge is -2.10. The Bertz CT molecular complexity index is 531. The van der Waals surface area contributed by atoms with Gasteiger partial charge in [-0.25, -0.2) is 0 Å². The number of ether oxygens (including phenoxy) is 1. The van der Waals surface area contributed by atoms with Gasteiger partial charge in [0.2, 0.25) is 0 Å². The molecule has 1 aromatic carbocycles. The average Bonchev–Trinajstić information content (AvgIpc) is 2.83. The van der Waals surface area contributed by atoms with Crippen LogP contribution in [0.1, 0.15) is 26.3 Å². The Morgan fingerprint density at radius 2 is 2.10 bits per heavy atom. The van der Waals surface area contributed by atoms with Crippen molar-refractivity contribution < 1.29 is 4.74 Å². The van der Waals surface area contributed by atoms with Gasteiger partial charge in [0.1, 0.15) is 0 Å². The Balaban J connectivity index is 2.08. The fourth-order valence-electron chi connectivity index (χ4n) is 2.44. The summed E-state index contributed by atoms with van der Waals surface area (Å²) in [4.78, 5) is 0. The number of nitrogens with zero attached hydrogens (tertiary/aromatic N) is 1. The fourth-order valence-corrected chi connectivity index (χ4v) is 2.44. The standard InChI is InChI=1S/C17H26N2O/c1-4-20-11-10-19-9-8-16-15(6-5-7-17(16)19)13-18-12-14(2)3/h5-9,14,18H,4,10-13H2,1-3H3. The maximum Gasteiger partial charge on any atom is 0.0645 e. The van der Waals surface area contributed by atoms with Gasteiger partial charge in [-0.15, -0.1) is 0 Å². The molecule has 0 unspecified atom stereocenters. The van der Waals surface area contributed by atoms with E-state index in [4.69, 9.17) is 4.74 Å². The van der Waals surface area contributed by atoms with Gasteiger partial charge in [-0.3, -0.25) is 0 Å². The van der Waals surface area contributed by atoms with Crippen LogP contribution >= 0.6 is 0 Å². The highest BCUT2D eigenvalue weighted by molar-refractivity contribution is 5.83. The van der Waals surface area contributed by atoms with Gasteiger partial charge in [-0.05, 0) is 37.1 Å². The van der Waals surface area contributed by atoms with Crippen molar-refractivity contribution in [2.75, 3.05) is 19.8 Å². The first kappa shape index (κ1) is 15.1. The number of hydrogen-bond donors (Lipinski definition) is 1. The summed E-state index contributed by atoms with van der Waals surface area (Å²) in [6, 6.07) is 8.76. The van der Waals surface area contributed by atoms with Gasteiger partial charge in [-0.2, -0.15) is 0 Å². The average molecular weight is 274 g/mol. The molecule has 3 nitrogen and oxygen atoms in total. The minimum atomic E-state index is 0.685. The Kier molecular flexibility index (Phi) is 5.62. The summed E-state index contributed by atoms with van der Waals surface area (Å²) < 4.78 is 7.72. The molecule has 0 saturated carbocycles. The SMILES string of the molecule is CCOCCn1ccc2c(CNCC(C)C)cccc21. The van der Waals surface area contributed by atoms with E-state index in [0.29, 0.717) is 5.92 Å². The number of hydrogen-bond acceptors (Lipinski definition) is 2. The third kappa shape index (κ3) is 3.84. The van der Waals surface area contributed by atoms with Crippen molar-refractivity contribution in [2.45, 2.75) is 33.9 Å². The highest BCUT2D eigenvalue weighted by atomic mass is 16.5. The van der Waals surface area contributed by atoms with Crippen LogP contribution in [0.25, 0.3) is 10.9 Å². The summed E-state index contributed by atoms with van der Waals surface area (Å²) in [6.07, 6.45) is 2.16. The first-order valence-corrected chi connectivity index (χ1v) is 7.57. The molecule has 0 spiro atoms. The van der Waals surface area contributed by atoms with E-state index in [1.54, 1.807) is 0 Å². The molecule has 2 rings (SSSR count). The molecular weight excluding hydrogens is 248 g/mol. The zero-order valence-corrected chi connectivity index (χ0v) is 12.9. The van der Waals surface area contributed by atoms with Crippen molar-refractivity contribution >= 4 is 10.9 Å². The normalized spacial score (nSPS) is 11.6. The summed E-state index contributed by atoms with van der Waals surface area (Å²) in [5.74, 6) is 0.685. The molecule has 0 amide bonds. The van der Waals surface area contributed by atoms with E-state index in [1.165, 1.54) is 16.5 Å². The number of benzene rings is 1. The third-order valence-corrected chi connectivity index (χ3v) is 3.45. The zero-order chi connectivity index (χ0) is 14.4. The Morgan fingerprint density at radius 3 is 2.85 bits per heavy atom. The molecule has 0 saturated heterocycles. The van der Waals surface area contributed by atoms with Gasteiger partial charge in [-0.1, -0.05) is 26.0 Å². The van der Waals surface area contributed by atoms with Crippen LogP contribution in [0.3, 0.4) is 0 Å². The van der Waals surface area contributed by atoms with E-state index in [9.17, 15) is 0 Å². The first-order valence-electron chi connectivity index (χ1n) is 7.57. The van der Waals surface area contributed by atoms with Gasteiger partial charge in [0.25, 0.3) is 0 Å². The van der Waals surface area contributed by atoms with Crippen LogP contribution in [-0.2, 0) is 17.8 Å². The lowest BCUT2D eigenvalue weighted by molar-refractivity contribution is 0.140. The molecule has 1 N–H and O–H groups in total. The van der Waals surface area contributed by atoms with Crippen LogP contribution in [-0.4, -0.2) is 24.3 Å². The van der Waals surface area contributed by atoms with Crippen molar-refractivity contribution in [3.8, 4) is 0 Å². The zero-order valence-electron chi connectivity index (χ0n) is 12.9. The van der Waals surface area contributed by atoms with Crippen molar-refractivity contribution in [2.24, 2.45) is 5.92 Å². The molecule has 1 aromatic heterocycles. The monoisotopic (exact) mass is 274 g/mol. The van der Waals surface area contributed by atoms with Crippen molar-refractivity contribution in [1.82, 2.24) is 9.88 Å². The molecular formula is C17H26N2O. The van der Waals surface area contributed by atoms with Crippen molar-refractivity contribution in [3.63, 3.8) is 0 Å². The van der Waals surface area contributed by atoms with Gasteiger partial charge in [0, 0.05) is 36.8 Å². The minimum Gasteiger partial charge on any atom is -0.380 e. The third-order valence-electron chi connectivity index (χ3n) is 3.45. The van der Waals surface area contributed by atoms with Gasteiger partial charge in [0.05, 0.1) is 6.61 Å². The van der Waals surface area contributed by atoms with Crippen LogP contribution in [0.4, 0.5) is 0 Å². The summed E-state index contributed by atoms with van der Waals surface area (Å²) >= 11 is 0. The Labute approximate surface area is 121 Å². The van der Waals surface area contributed by atoms with Gasteiger partial charge in [0.15, 0.2) is 0 Å². The molecule has 0 atom stereocenters. The largest absolute Gasteiger partial charge is 0.380 e. The van der Waals surface area contributed by atoms with Crippen LogP contribution in [0, 0.1) is 5.92 Å². The molecule has 1 heterocycles. The van der Waals surface area contributed by atoms with Crippen molar-refractivity contribution in [1.29, 1.82) is 0 Å². The van der Waals surface area contributed by atoms with Crippen LogP contribution in [0.2, 0.25) is 0 Å². The van der Waals surface area contributed by atoms with Gasteiger partial charge >= 0.3 is 0 Å². The second-order valence-corrected chi connectivity index (χ2v) is 5.58. The summed E-state index contributed by atoms with van der Waals surface area (Å²) in [5.41, 5.74) is 2.67. The first-order chi connectivity index (χ1) is 9.72. The molecule has 110 valence electrons. The molecule has 3 heteroatoms. The molecule has 0 bridgehead atoms. The van der Waals surface area contributed by atoms with Crippen LogP contribution in [0.5, 0.6) is 0 Å². The topological polar surface area (TPSA) is 26.2 Å². The van der Waals surface area contributed by atoms with Crippen LogP contribution in [0.15, 0.2) is 30.5 Å². The van der Waals surface area contributed by atoms with E-state index in [0.717, 1.165) is 32.8 Å². The smallest absolute Gasteiger partial charge is 0.0645 e. The molecule has 0 aliphatic heterocycles. The number of fused-ring (bicyclic) bond motifs is 1. The maximum absolute atomic E-state index is 5.44. The maximum atomic E-state index is 5.44. The molecule has 0 aliphatic rings. The highest BCUT2D eigenvalue weighted by Gasteiger charge is 2.05. The molecule has 0 radical (unpaired) electrons. The molecule has 0 fully saturated rings. The summed E-state index contributed by atoms with van der Waals surface area (Å²) in [7, 11) is 0. The summed E-state index contributed by atoms with van der Waals surface area (Å²) in [6.45, 7) is 11.0. The van der Waals surface area contributed by atoms with E-state index in [-0.39, 0.29) is 0 Å². The van der Waals surface area contributed by atoms with E-state index >= 15 is 0 Å². The second kappa shape index (κ2) is 7.46. The Morgan fingerprint density at radius 1 is 1.25 bits per heavy atom. The second-order valence-electron chi connectivity index (χ2n) is 5.58. The van der Waals surface area contributed by atoms with E-state index in [1.807, 2.05) is 6.92 Å². The van der Waals surface area contributed by atoms with Gasteiger partial charge < -0.3 is 14.6 Å². The predicted molar refractivity (Wildman–Crippen MR) is 85.0 cm³/mol. The van der Waals surface area contributed by atoms with E-state index in [2.05, 4.69) is 54.2 Å². The number of nitrogens with one attached hydrogen (secondary N) is 1. The Hall–Kier alpha value is -1.32. The number of aromatic nitrogens is 1. The predicted octanol–water partition coefficient (Wildman–Crippen LogP) is 3.42. The summed E-state index contributed by atoms with van der Waals surface area (Å²) in [5, 5.41) is 4.87. The van der Waals surface area contributed by atoms with E-state index < -0.39 is 0 Å². The minimum absolute atomic E-state index is 0.685. The number of rotatable bonds is 8. The fraction of sp³-hybridized carbons (Fsp3) is 0.529. The molecule has 0 aliphatic carbocycles. The van der Waals surface area contributed by atoms with Crippen LogP contribution < -0.4 is 5.32 Å².